The minimum atomic E-state index is -0.599. The van der Waals surface area contributed by atoms with Gasteiger partial charge in [0.1, 0.15) is 6.04 Å². The summed E-state index contributed by atoms with van der Waals surface area (Å²) in [6.07, 6.45) is 0.774. The highest BCUT2D eigenvalue weighted by molar-refractivity contribution is 5.85. The Kier molecular flexibility index (Phi) is 9.16. The first-order valence-electron chi connectivity index (χ1n) is 7.00. The van der Waals surface area contributed by atoms with Gasteiger partial charge in [0.05, 0.1) is 19.8 Å². The molecule has 2 N–H and O–H groups in total. The standard InChI is InChI=1S/C14H28N2O4/c1-10(2)8-12(14(19)20-5)15-13(18)9-16(4)7-6-11(3)17/h10-12,17H,6-9H2,1-5H3,(H,15,18). The molecule has 0 radical (unpaired) electrons. The second kappa shape index (κ2) is 9.72. The van der Waals surface area contributed by atoms with E-state index in [4.69, 9.17) is 4.74 Å². The minimum absolute atomic E-state index is 0.193. The topological polar surface area (TPSA) is 78.9 Å². The first kappa shape index (κ1) is 18.9. The van der Waals surface area contributed by atoms with Crippen LogP contribution in [-0.4, -0.2) is 61.3 Å². The highest BCUT2D eigenvalue weighted by Gasteiger charge is 2.22. The van der Waals surface area contributed by atoms with Crippen molar-refractivity contribution in [1.29, 1.82) is 0 Å². The molecule has 2 atom stereocenters. The maximum Gasteiger partial charge on any atom is 0.328 e. The van der Waals surface area contributed by atoms with Crippen LogP contribution >= 0.6 is 0 Å². The maximum atomic E-state index is 11.9. The van der Waals surface area contributed by atoms with Crippen molar-refractivity contribution in [2.75, 3.05) is 27.2 Å². The van der Waals surface area contributed by atoms with Crippen molar-refractivity contribution in [3.63, 3.8) is 0 Å². The summed E-state index contributed by atoms with van der Waals surface area (Å²) in [7, 11) is 3.12. The van der Waals surface area contributed by atoms with E-state index in [-0.39, 0.29) is 24.5 Å². The Morgan fingerprint density at radius 3 is 2.35 bits per heavy atom. The molecule has 20 heavy (non-hydrogen) atoms. The van der Waals surface area contributed by atoms with Gasteiger partial charge in [-0.3, -0.25) is 9.69 Å². The second-order valence-electron chi connectivity index (χ2n) is 5.65. The lowest BCUT2D eigenvalue weighted by Crippen LogP contribution is -2.46. The number of nitrogens with one attached hydrogen (secondary N) is 1. The van der Waals surface area contributed by atoms with Crippen molar-refractivity contribution in [2.45, 2.75) is 45.8 Å². The third-order valence-electron chi connectivity index (χ3n) is 2.87. The van der Waals surface area contributed by atoms with Gasteiger partial charge >= 0.3 is 5.97 Å². The van der Waals surface area contributed by atoms with E-state index in [2.05, 4.69) is 5.32 Å². The zero-order valence-electron chi connectivity index (χ0n) is 13.2. The van der Waals surface area contributed by atoms with E-state index in [0.717, 1.165) is 0 Å². The molecular formula is C14H28N2O4. The van der Waals surface area contributed by atoms with Gasteiger partial charge in [0.25, 0.3) is 0 Å². The number of nitrogens with zero attached hydrogens (tertiary/aromatic N) is 1. The van der Waals surface area contributed by atoms with Gasteiger partial charge in [0.15, 0.2) is 0 Å². The number of hydrogen-bond donors (Lipinski definition) is 2. The minimum Gasteiger partial charge on any atom is -0.467 e. The van der Waals surface area contributed by atoms with E-state index in [0.29, 0.717) is 19.4 Å². The van der Waals surface area contributed by atoms with Crippen LogP contribution in [0.25, 0.3) is 0 Å². The molecule has 2 unspecified atom stereocenters. The summed E-state index contributed by atoms with van der Waals surface area (Å²) in [5.74, 6) is -0.347. The van der Waals surface area contributed by atoms with Gasteiger partial charge in [-0.25, -0.2) is 4.79 Å². The predicted molar refractivity (Wildman–Crippen MR) is 77.2 cm³/mol. The van der Waals surface area contributed by atoms with Crippen molar-refractivity contribution < 1.29 is 19.4 Å². The number of carbonyl (C=O) groups is 2. The summed E-state index contributed by atoms with van der Waals surface area (Å²) in [6, 6.07) is -0.599. The molecule has 1 amide bonds. The van der Waals surface area contributed by atoms with Gasteiger partial charge in [-0.2, -0.15) is 0 Å². The quantitative estimate of drug-likeness (QED) is 0.600. The Morgan fingerprint density at radius 1 is 1.30 bits per heavy atom. The first-order chi connectivity index (χ1) is 9.26. The van der Waals surface area contributed by atoms with Crippen LogP contribution in [0.1, 0.15) is 33.6 Å². The Morgan fingerprint density at radius 2 is 1.90 bits per heavy atom. The monoisotopic (exact) mass is 288 g/mol. The number of likely N-dealkylation sites (N-methyl/N-ethyl adjacent to an activating group) is 1. The van der Waals surface area contributed by atoms with E-state index in [1.165, 1.54) is 7.11 Å². The largest absolute Gasteiger partial charge is 0.467 e. The molecular weight excluding hydrogens is 260 g/mol. The smallest absolute Gasteiger partial charge is 0.328 e. The molecule has 0 bridgehead atoms. The van der Waals surface area contributed by atoms with Gasteiger partial charge in [-0.1, -0.05) is 13.8 Å². The molecule has 0 aromatic rings. The summed E-state index contributed by atoms with van der Waals surface area (Å²) in [5, 5.41) is 11.9. The van der Waals surface area contributed by atoms with Gasteiger partial charge in [0.2, 0.25) is 5.91 Å². The van der Waals surface area contributed by atoms with E-state index >= 15 is 0 Å². The van der Waals surface area contributed by atoms with Gasteiger partial charge in [-0.15, -0.1) is 0 Å². The Labute approximate surface area is 121 Å². The lowest BCUT2D eigenvalue weighted by Gasteiger charge is -2.21. The van der Waals surface area contributed by atoms with Crippen LogP contribution in [0.4, 0.5) is 0 Å². The molecule has 0 fully saturated rings. The summed E-state index contributed by atoms with van der Waals surface area (Å²) in [4.78, 5) is 25.3. The molecule has 0 aliphatic carbocycles. The molecule has 6 heteroatoms. The van der Waals surface area contributed by atoms with Crippen molar-refractivity contribution >= 4 is 11.9 Å². The van der Waals surface area contributed by atoms with E-state index in [9.17, 15) is 14.7 Å². The highest BCUT2D eigenvalue weighted by atomic mass is 16.5. The van der Waals surface area contributed by atoms with Crippen LogP contribution in [0.5, 0.6) is 0 Å². The fourth-order valence-corrected chi connectivity index (χ4v) is 1.80. The third-order valence-corrected chi connectivity index (χ3v) is 2.87. The summed E-state index contributed by atoms with van der Waals surface area (Å²) in [5.41, 5.74) is 0. The van der Waals surface area contributed by atoms with Gasteiger partial charge in [0, 0.05) is 6.54 Å². The van der Waals surface area contributed by atoms with Crippen LogP contribution in [0, 0.1) is 5.92 Å². The number of aliphatic hydroxyl groups excluding tert-OH is 1. The molecule has 0 rings (SSSR count). The van der Waals surface area contributed by atoms with Gasteiger partial charge in [-0.05, 0) is 32.7 Å². The first-order valence-corrected chi connectivity index (χ1v) is 7.00. The highest BCUT2D eigenvalue weighted by Crippen LogP contribution is 2.06. The number of hydrogen-bond acceptors (Lipinski definition) is 5. The summed E-state index contributed by atoms with van der Waals surface area (Å²) >= 11 is 0. The van der Waals surface area contributed by atoms with Crippen LogP contribution in [0.15, 0.2) is 0 Å². The average molecular weight is 288 g/mol. The molecule has 0 spiro atoms. The molecule has 0 aliphatic rings. The molecule has 0 saturated carbocycles. The lowest BCUT2D eigenvalue weighted by atomic mass is 10.0. The summed E-state index contributed by atoms with van der Waals surface area (Å²) in [6.45, 7) is 6.49. The van der Waals surface area contributed by atoms with Crippen molar-refractivity contribution in [1.82, 2.24) is 10.2 Å². The second-order valence-corrected chi connectivity index (χ2v) is 5.65. The number of rotatable bonds is 9. The Balaban J connectivity index is 4.27. The van der Waals surface area contributed by atoms with Crippen molar-refractivity contribution in [3.8, 4) is 0 Å². The Bertz CT molecular complexity index is 306. The number of ether oxygens (including phenoxy) is 1. The zero-order chi connectivity index (χ0) is 15.7. The molecule has 6 nitrogen and oxygen atoms in total. The van der Waals surface area contributed by atoms with Crippen LogP contribution in [0.2, 0.25) is 0 Å². The average Bonchev–Trinajstić information content (AvgIpc) is 2.33. The number of esters is 1. The number of aliphatic hydroxyl groups is 1. The SMILES string of the molecule is COC(=O)C(CC(C)C)NC(=O)CN(C)CCC(C)O. The van der Waals surface area contributed by atoms with Crippen molar-refractivity contribution in [3.05, 3.63) is 0 Å². The van der Waals surface area contributed by atoms with E-state index in [1.54, 1.807) is 14.0 Å². The van der Waals surface area contributed by atoms with Gasteiger partial charge < -0.3 is 15.2 Å². The molecule has 118 valence electrons. The lowest BCUT2D eigenvalue weighted by molar-refractivity contribution is -0.145. The van der Waals surface area contributed by atoms with Crippen LogP contribution < -0.4 is 5.32 Å². The fraction of sp³-hybridized carbons (Fsp3) is 0.857. The molecule has 0 aliphatic heterocycles. The fourth-order valence-electron chi connectivity index (χ4n) is 1.80. The maximum absolute atomic E-state index is 11.9. The normalized spacial score (nSPS) is 14.2. The number of amides is 1. The zero-order valence-corrected chi connectivity index (χ0v) is 13.2. The Hall–Kier alpha value is -1.14. The number of methoxy groups -OCH3 is 1. The van der Waals surface area contributed by atoms with Crippen molar-refractivity contribution in [2.24, 2.45) is 5.92 Å². The molecule has 0 aromatic carbocycles. The van der Waals surface area contributed by atoms with Crippen LogP contribution in [-0.2, 0) is 14.3 Å². The van der Waals surface area contributed by atoms with E-state index in [1.807, 2.05) is 18.7 Å². The summed E-state index contributed by atoms with van der Waals surface area (Å²) < 4.78 is 4.70. The molecule has 0 heterocycles. The predicted octanol–water partition coefficient (Wildman–Crippen LogP) is 0.393. The van der Waals surface area contributed by atoms with E-state index < -0.39 is 12.0 Å². The molecule has 0 saturated heterocycles. The molecule has 0 aromatic heterocycles. The third kappa shape index (κ3) is 8.87. The van der Waals surface area contributed by atoms with Crippen LogP contribution in [0.3, 0.4) is 0 Å². The number of carbonyl (C=O) groups excluding carboxylic acids is 2.